The molecule has 1 saturated heterocycles. The Bertz CT molecular complexity index is 1090. The Morgan fingerprint density at radius 3 is 1.70 bits per heavy atom. The van der Waals surface area contributed by atoms with Gasteiger partial charge in [-0.15, -0.1) is 0 Å². The molecule has 0 aliphatic carbocycles. The topological polar surface area (TPSA) is 211 Å². The van der Waals surface area contributed by atoms with Crippen molar-refractivity contribution in [3.8, 4) is 0 Å². The summed E-state index contributed by atoms with van der Waals surface area (Å²) in [6.45, 7) is 2.77. The molecule has 1 atom stereocenters. The van der Waals surface area contributed by atoms with Crippen molar-refractivity contribution in [3.05, 3.63) is 29.8 Å². The van der Waals surface area contributed by atoms with Crippen molar-refractivity contribution in [1.82, 2.24) is 24.3 Å². The van der Waals surface area contributed by atoms with Gasteiger partial charge in [-0.1, -0.05) is 17.7 Å². The third-order valence-corrected chi connectivity index (χ3v) is 8.55. The van der Waals surface area contributed by atoms with Crippen LogP contribution in [0, 0.1) is 6.92 Å². The fourth-order valence-electron chi connectivity index (χ4n) is 4.23. The summed E-state index contributed by atoms with van der Waals surface area (Å²) in [6.07, 6.45) is -1.64. The van der Waals surface area contributed by atoms with Crippen molar-refractivity contribution < 1.29 is 47.7 Å². The molecule has 228 valence electrons. The third-order valence-electron chi connectivity index (χ3n) is 6.34. The number of carboxylic acid groups (broad SMARTS) is 2. The molecule has 0 aromatic heterocycles. The molecule has 1 fully saturated rings. The number of aliphatic carboxylic acids is 2. The van der Waals surface area contributed by atoms with Crippen LogP contribution in [0.15, 0.2) is 29.2 Å². The highest BCUT2D eigenvalue weighted by molar-refractivity contribution is 7.89. The molecule has 0 radical (unpaired) electrons. The van der Waals surface area contributed by atoms with E-state index in [1.807, 2.05) is 11.8 Å². The molecule has 40 heavy (non-hydrogen) atoms. The Morgan fingerprint density at radius 2 is 1.27 bits per heavy atom. The van der Waals surface area contributed by atoms with Gasteiger partial charge in [-0.25, -0.2) is 13.1 Å². The molecular formula is C23H40N5O10PS. The van der Waals surface area contributed by atoms with Crippen LogP contribution in [-0.2, 0) is 24.2 Å². The molecule has 0 spiro atoms. The number of nitrogens with zero attached hydrogens (tertiary/aromatic N) is 4. The van der Waals surface area contributed by atoms with Gasteiger partial charge in [0.05, 0.1) is 24.1 Å². The van der Waals surface area contributed by atoms with Crippen molar-refractivity contribution >= 4 is 29.6 Å². The number of carbonyl (C=O) groups is 2. The maximum absolute atomic E-state index is 12.6. The first-order valence-electron chi connectivity index (χ1n) is 12.7. The van der Waals surface area contributed by atoms with Gasteiger partial charge in [-0.05, 0) is 19.1 Å². The molecular weight excluding hydrogens is 569 g/mol. The van der Waals surface area contributed by atoms with E-state index in [2.05, 4.69) is 4.72 Å². The Kier molecular flexibility index (Phi) is 13.6. The highest BCUT2D eigenvalue weighted by atomic mass is 32.2. The molecule has 0 bridgehead atoms. The van der Waals surface area contributed by atoms with Gasteiger partial charge in [0, 0.05) is 65.4 Å². The Hall–Kier alpha value is -1.98. The van der Waals surface area contributed by atoms with Crippen molar-refractivity contribution in [2.75, 3.05) is 84.8 Å². The second-order valence-electron chi connectivity index (χ2n) is 9.88. The van der Waals surface area contributed by atoms with Crippen molar-refractivity contribution in [2.24, 2.45) is 0 Å². The van der Waals surface area contributed by atoms with Crippen LogP contribution in [0.5, 0.6) is 0 Å². The predicted octanol–water partition coefficient (Wildman–Crippen LogP) is -1.84. The number of β-amino-alcohol motifs (C(OH)–C–C–N with tert-alkyl or cyclic N) is 1. The predicted molar refractivity (Wildman–Crippen MR) is 145 cm³/mol. The number of aliphatic hydroxyl groups is 1. The van der Waals surface area contributed by atoms with Crippen LogP contribution < -0.4 is 4.72 Å². The van der Waals surface area contributed by atoms with E-state index < -0.39 is 41.9 Å². The first-order chi connectivity index (χ1) is 18.6. The molecule has 6 N–H and O–H groups in total. The summed E-state index contributed by atoms with van der Waals surface area (Å²) in [5.74, 6) is -2.14. The maximum atomic E-state index is 12.6. The number of hydrogen-bond acceptors (Lipinski definition) is 10. The normalized spacial score (nSPS) is 19.0. The SMILES string of the molecule is Cc1ccc(S(=O)(=O)NCC(O)CN2CCN(CC(=O)O)CCN(CP(=O)(O)O)CCN(CC(=O)O)CC2)cc1. The Morgan fingerprint density at radius 1 is 0.850 bits per heavy atom. The van der Waals surface area contributed by atoms with E-state index in [1.165, 1.54) is 17.0 Å². The molecule has 1 aliphatic rings. The molecule has 17 heteroatoms. The average molecular weight is 610 g/mol. The van der Waals surface area contributed by atoms with Gasteiger partial charge in [-0.2, -0.15) is 0 Å². The number of aliphatic hydroxyl groups excluding tert-OH is 1. The van der Waals surface area contributed by atoms with E-state index >= 15 is 0 Å². The first kappa shape index (κ1) is 34.2. The Labute approximate surface area is 234 Å². The van der Waals surface area contributed by atoms with Gasteiger partial charge >= 0.3 is 19.5 Å². The van der Waals surface area contributed by atoms with Gasteiger partial charge in [0.25, 0.3) is 0 Å². The van der Waals surface area contributed by atoms with Crippen LogP contribution in [-0.4, -0.2) is 156 Å². The van der Waals surface area contributed by atoms with E-state index in [0.717, 1.165) is 5.56 Å². The molecule has 1 heterocycles. The van der Waals surface area contributed by atoms with E-state index in [0.29, 0.717) is 0 Å². The average Bonchev–Trinajstić information content (AvgIpc) is 2.83. The largest absolute Gasteiger partial charge is 0.480 e. The zero-order valence-electron chi connectivity index (χ0n) is 22.5. The number of carboxylic acids is 2. The second kappa shape index (κ2) is 15.9. The van der Waals surface area contributed by atoms with Gasteiger partial charge < -0.3 is 25.1 Å². The van der Waals surface area contributed by atoms with Crippen LogP contribution in [0.1, 0.15) is 5.56 Å². The van der Waals surface area contributed by atoms with Crippen LogP contribution in [0.3, 0.4) is 0 Å². The molecule has 1 unspecified atom stereocenters. The van der Waals surface area contributed by atoms with E-state index in [9.17, 15) is 47.7 Å². The number of rotatable bonds is 12. The van der Waals surface area contributed by atoms with Gasteiger partial charge in [0.2, 0.25) is 10.0 Å². The zero-order valence-corrected chi connectivity index (χ0v) is 24.2. The van der Waals surface area contributed by atoms with Crippen molar-refractivity contribution in [2.45, 2.75) is 17.9 Å². The molecule has 2 rings (SSSR count). The van der Waals surface area contributed by atoms with Gasteiger partial charge in [-0.3, -0.25) is 33.8 Å². The molecule has 0 saturated carbocycles. The lowest BCUT2D eigenvalue weighted by atomic mass is 10.2. The lowest BCUT2D eigenvalue weighted by Crippen LogP contribution is -2.49. The summed E-state index contributed by atoms with van der Waals surface area (Å²) in [7, 11) is -8.25. The highest BCUT2D eigenvalue weighted by Gasteiger charge is 2.24. The van der Waals surface area contributed by atoms with E-state index in [1.54, 1.807) is 21.9 Å². The van der Waals surface area contributed by atoms with Crippen LogP contribution in [0.4, 0.5) is 0 Å². The quantitative estimate of drug-likeness (QED) is 0.144. The van der Waals surface area contributed by atoms with Gasteiger partial charge in [0.1, 0.15) is 6.29 Å². The smallest absolute Gasteiger partial charge is 0.339 e. The minimum Gasteiger partial charge on any atom is -0.480 e. The monoisotopic (exact) mass is 609 g/mol. The second-order valence-corrected chi connectivity index (χ2v) is 13.3. The van der Waals surface area contributed by atoms with Crippen LogP contribution in [0.25, 0.3) is 0 Å². The summed E-state index contributed by atoms with van der Waals surface area (Å²) in [6, 6.07) is 6.27. The van der Waals surface area contributed by atoms with Crippen LogP contribution in [0.2, 0.25) is 0 Å². The Balaban J connectivity index is 2.11. The minimum absolute atomic E-state index is 0.0442. The molecule has 1 aliphatic heterocycles. The van der Waals surface area contributed by atoms with Crippen molar-refractivity contribution in [3.63, 3.8) is 0 Å². The number of hydrogen-bond donors (Lipinski definition) is 6. The van der Waals surface area contributed by atoms with E-state index in [-0.39, 0.29) is 83.4 Å². The van der Waals surface area contributed by atoms with E-state index in [4.69, 9.17) is 0 Å². The van der Waals surface area contributed by atoms with Gasteiger partial charge in [0.15, 0.2) is 0 Å². The number of benzene rings is 1. The maximum Gasteiger partial charge on any atom is 0.339 e. The molecule has 15 nitrogen and oxygen atoms in total. The fourth-order valence-corrected chi connectivity index (χ4v) is 6.11. The fraction of sp³-hybridized carbons (Fsp3) is 0.652. The molecule has 1 aromatic rings. The lowest BCUT2D eigenvalue weighted by molar-refractivity contribution is -0.139. The summed E-state index contributed by atoms with van der Waals surface area (Å²) >= 11 is 0. The van der Waals surface area contributed by atoms with Crippen molar-refractivity contribution in [1.29, 1.82) is 0 Å². The summed E-state index contributed by atoms with van der Waals surface area (Å²) in [5.41, 5.74) is 0.901. The highest BCUT2D eigenvalue weighted by Crippen LogP contribution is 2.34. The minimum atomic E-state index is -4.40. The number of aryl methyl sites for hydroxylation is 1. The number of nitrogens with one attached hydrogen (secondary N) is 1. The summed E-state index contributed by atoms with van der Waals surface area (Å²) in [4.78, 5) is 48.3. The van der Waals surface area contributed by atoms with Crippen LogP contribution >= 0.6 is 7.60 Å². The number of sulfonamides is 1. The standard InChI is InChI=1S/C23H40N5O10PS/c1-19-2-4-21(5-3-19)40(37,38)24-14-20(29)15-25-6-8-26(16-22(30)31)10-12-28(18-39(34,35)36)13-11-27(9-7-25)17-23(32)33/h2-5,20,24,29H,6-18H2,1H3,(H,30,31)(H,32,33)(H2,34,35,36). The first-order valence-corrected chi connectivity index (χ1v) is 16.0. The molecule has 0 amide bonds. The molecule has 1 aromatic carbocycles. The third kappa shape index (κ3) is 13.6. The zero-order chi connectivity index (χ0) is 29.9. The summed E-state index contributed by atoms with van der Waals surface area (Å²) in [5, 5.41) is 29.3. The lowest BCUT2D eigenvalue weighted by Gasteiger charge is -2.34. The summed E-state index contributed by atoms with van der Waals surface area (Å²) < 4.78 is 39.2.